The summed E-state index contributed by atoms with van der Waals surface area (Å²) in [5.41, 5.74) is 0.681. The van der Waals surface area contributed by atoms with Gasteiger partial charge in [-0.05, 0) is 24.3 Å². The zero-order valence-electron chi connectivity index (χ0n) is 13.1. The first-order valence-corrected chi connectivity index (χ1v) is 7.68. The van der Waals surface area contributed by atoms with Crippen molar-refractivity contribution >= 4 is 11.7 Å². The molecule has 1 fully saturated rings. The average Bonchev–Trinajstić information content (AvgIpc) is 2.54. The summed E-state index contributed by atoms with van der Waals surface area (Å²) >= 11 is 0. The third-order valence-corrected chi connectivity index (χ3v) is 4.93. The highest BCUT2D eigenvalue weighted by atomic mass is 19.1. The molecule has 5 heteroatoms. The minimum Gasteiger partial charge on any atom is -0.372 e. The van der Waals surface area contributed by atoms with Crippen molar-refractivity contribution in [3.63, 3.8) is 0 Å². The van der Waals surface area contributed by atoms with Gasteiger partial charge in [-0.1, -0.05) is 26.7 Å². The first-order chi connectivity index (χ1) is 10.0. The fourth-order valence-corrected chi connectivity index (χ4v) is 3.11. The number of anilines is 1. The Kier molecular flexibility index (Phi) is 4.80. The second-order valence-electron chi connectivity index (χ2n) is 5.80. The van der Waals surface area contributed by atoms with E-state index >= 15 is 0 Å². The Morgan fingerprint density at radius 1 is 1.38 bits per heavy atom. The lowest BCUT2D eigenvalue weighted by molar-refractivity contribution is 0.0558. The molecule has 2 heterocycles. The van der Waals surface area contributed by atoms with Gasteiger partial charge in [0, 0.05) is 20.1 Å². The van der Waals surface area contributed by atoms with Gasteiger partial charge in [-0.2, -0.15) is 0 Å². The topological polar surface area (TPSA) is 45.2 Å². The zero-order valence-corrected chi connectivity index (χ0v) is 13.1. The molecule has 0 saturated carbocycles. The molecule has 1 saturated heterocycles. The van der Waals surface area contributed by atoms with Crippen molar-refractivity contribution in [3.8, 4) is 0 Å². The van der Waals surface area contributed by atoms with Crippen LogP contribution in [0, 0.1) is 11.2 Å². The van der Waals surface area contributed by atoms with E-state index in [0.717, 1.165) is 45.0 Å². The fraction of sp³-hybridized carbons (Fsp3) is 0.625. The molecule has 0 unspecified atom stereocenters. The first kappa shape index (κ1) is 15.7. The standard InChI is InChI=1S/C16H24FN3O/c1-4-16(5-2)6-8-20(9-7-16)15(21)13-10-12(17)11-19-14(13)18-3/h10-11H,4-9H2,1-3H3,(H,18,19). The number of hydrogen-bond acceptors (Lipinski definition) is 3. The number of rotatable bonds is 4. The first-order valence-electron chi connectivity index (χ1n) is 7.68. The number of nitrogens with one attached hydrogen (secondary N) is 1. The van der Waals surface area contributed by atoms with Gasteiger partial charge in [-0.15, -0.1) is 0 Å². The van der Waals surface area contributed by atoms with Crippen molar-refractivity contribution in [2.45, 2.75) is 39.5 Å². The van der Waals surface area contributed by atoms with Gasteiger partial charge in [0.05, 0.1) is 11.8 Å². The summed E-state index contributed by atoms with van der Waals surface area (Å²) in [5, 5.41) is 2.86. The molecule has 1 aliphatic heterocycles. The second-order valence-corrected chi connectivity index (χ2v) is 5.80. The quantitative estimate of drug-likeness (QED) is 0.926. The van der Waals surface area contributed by atoms with E-state index in [9.17, 15) is 9.18 Å². The summed E-state index contributed by atoms with van der Waals surface area (Å²) in [5.74, 6) is -0.179. The molecule has 116 valence electrons. The minimum absolute atomic E-state index is 0.132. The summed E-state index contributed by atoms with van der Waals surface area (Å²) in [6.07, 6.45) is 5.45. The smallest absolute Gasteiger partial charge is 0.257 e. The Bertz CT molecular complexity index is 504. The maximum absolute atomic E-state index is 13.4. The lowest BCUT2D eigenvalue weighted by Gasteiger charge is -2.41. The summed E-state index contributed by atoms with van der Waals surface area (Å²) < 4.78 is 13.4. The third kappa shape index (κ3) is 3.17. The Labute approximate surface area is 125 Å². The molecule has 4 nitrogen and oxygen atoms in total. The van der Waals surface area contributed by atoms with E-state index in [4.69, 9.17) is 0 Å². The summed E-state index contributed by atoms with van der Waals surface area (Å²) in [6, 6.07) is 1.27. The van der Waals surface area contributed by atoms with Gasteiger partial charge in [-0.3, -0.25) is 4.79 Å². The number of hydrogen-bond donors (Lipinski definition) is 1. The van der Waals surface area contributed by atoms with E-state index in [2.05, 4.69) is 24.1 Å². The van der Waals surface area contributed by atoms with Crippen molar-refractivity contribution in [1.82, 2.24) is 9.88 Å². The number of halogens is 1. The van der Waals surface area contributed by atoms with Crippen LogP contribution in [0.4, 0.5) is 10.2 Å². The zero-order chi connectivity index (χ0) is 15.5. The molecule has 0 spiro atoms. The van der Waals surface area contributed by atoms with Crippen LogP contribution >= 0.6 is 0 Å². The highest BCUT2D eigenvalue weighted by Crippen LogP contribution is 2.38. The molecule has 1 amide bonds. The number of likely N-dealkylation sites (tertiary alicyclic amines) is 1. The number of amides is 1. The van der Waals surface area contributed by atoms with Gasteiger partial charge in [0.25, 0.3) is 5.91 Å². The Balaban J connectivity index is 2.14. The highest BCUT2D eigenvalue weighted by Gasteiger charge is 2.33. The second kappa shape index (κ2) is 6.41. The van der Waals surface area contributed by atoms with E-state index in [1.54, 1.807) is 7.05 Å². The van der Waals surface area contributed by atoms with Crippen molar-refractivity contribution < 1.29 is 9.18 Å². The van der Waals surface area contributed by atoms with Crippen LogP contribution in [-0.2, 0) is 0 Å². The van der Waals surface area contributed by atoms with Crippen LogP contribution < -0.4 is 5.32 Å². The van der Waals surface area contributed by atoms with Crippen LogP contribution in [0.25, 0.3) is 0 Å². The molecule has 1 aromatic heterocycles. The van der Waals surface area contributed by atoms with Crippen molar-refractivity contribution in [3.05, 3.63) is 23.6 Å². The Hall–Kier alpha value is -1.65. The van der Waals surface area contributed by atoms with Crippen LogP contribution in [0.5, 0.6) is 0 Å². The summed E-state index contributed by atoms with van der Waals surface area (Å²) in [6.45, 7) is 5.91. The van der Waals surface area contributed by atoms with Crippen LogP contribution in [0.1, 0.15) is 49.9 Å². The van der Waals surface area contributed by atoms with Gasteiger partial charge >= 0.3 is 0 Å². The van der Waals surface area contributed by atoms with Gasteiger partial charge in [-0.25, -0.2) is 9.37 Å². The van der Waals surface area contributed by atoms with E-state index in [1.165, 1.54) is 6.07 Å². The van der Waals surface area contributed by atoms with Crippen molar-refractivity contribution in [1.29, 1.82) is 0 Å². The predicted octanol–water partition coefficient (Wildman–Crippen LogP) is 3.30. The minimum atomic E-state index is -0.481. The van der Waals surface area contributed by atoms with Crippen LogP contribution in [0.2, 0.25) is 0 Å². The number of pyridine rings is 1. The number of aromatic nitrogens is 1. The van der Waals surface area contributed by atoms with Crippen LogP contribution in [0.3, 0.4) is 0 Å². The molecule has 0 radical (unpaired) electrons. The normalized spacial score (nSPS) is 17.6. The molecular formula is C16H24FN3O. The van der Waals surface area contributed by atoms with Gasteiger partial charge in [0.15, 0.2) is 0 Å². The summed E-state index contributed by atoms with van der Waals surface area (Å²) in [4.78, 5) is 18.4. The molecule has 0 aliphatic carbocycles. The number of carbonyl (C=O) groups excluding carboxylic acids is 1. The third-order valence-electron chi connectivity index (χ3n) is 4.93. The molecule has 21 heavy (non-hydrogen) atoms. The predicted molar refractivity (Wildman–Crippen MR) is 81.9 cm³/mol. The number of piperidine rings is 1. The van der Waals surface area contributed by atoms with Gasteiger partial charge < -0.3 is 10.2 Å². The molecule has 0 atom stereocenters. The SMILES string of the molecule is CCC1(CC)CCN(C(=O)c2cc(F)cnc2NC)CC1. The van der Waals surface area contributed by atoms with E-state index in [-0.39, 0.29) is 5.91 Å². The number of nitrogens with zero attached hydrogens (tertiary/aromatic N) is 2. The van der Waals surface area contributed by atoms with Crippen LogP contribution in [-0.4, -0.2) is 35.9 Å². The van der Waals surface area contributed by atoms with E-state index in [1.807, 2.05) is 4.90 Å². The molecular weight excluding hydrogens is 269 g/mol. The highest BCUT2D eigenvalue weighted by molar-refractivity contribution is 5.98. The lowest BCUT2D eigenvalue weighted by atomic mass is 9.74. The monoisotopic (exact) mass is 293 g/mol. The molecule has 1 aliphatic rings. The average molecular weight is 293 g/mol. The maximum atomic E-state index is 13.4. The van der Waals surface area contributed by atoms with Gasteiger partial charge in [0.1, 0.15) is 11.6 Å². The molecule has 1 aromatic rings. The lowest BCUT2D eigenvalue weighted by Crippen LogP contribution is -2.43. The summed E-state index contributed by atoms with van der Waals surface area (Å²) in [7, 11) is 1.69. The van der Waals surface area contributed by atoms with Crippen LogP contribution in [0.15, 0.2) is 12.3 Å². The van der Waals surface area contributed by atoms with Crippen molar-refractivity contribution in [2.24, 2.45) is 5.41 Å². The largest absolute Gasteiger partial charge is 0.372 e. The molecule has 0 bridgehead atoms. The van der Waals surface area contributed by atoms with Gasteiger partial charge in [0.2, 0.25) is 0 Å². The maximum Gasteiger partial charge on any atom is 0.257 e. The van der Waals surface area contributed by atoms with Crippen molar-refractivity contribution in [2.75, 3.05) is 25.5 Å². The molecule has 0 aromatic carbocycles. The molecule has 1 N–H and O–H groups in total. The number of carbonyl (C=O) groups is 1. The Morgan fingerprint density at radius 2 is 2.00 bits per heavy atom. The Morgan fingerprint density at radius 3 is 2.52 bits per heavy atom. The van der Waals surface area contributed by atoms with E-state index < -0.39 is 5.82 Å². The molecule has 2 rings (SSSR count). The van der Waals surface area contributed by atoms with E-state index in [0.29, 0.717) is 16.8 Å². The fourth-order valence-electron chi connectivity index (χ4n) is 3.11.